The van der Waals surface area contributed by atoms with E-state index in [1.807, 2.05) is 4.90 Å². The number of nitrogens with zero attached hydrogens (tertiary/aromatic N) is 4. The molecular weight excluding hydrogens is 294 g/mol. The van der Waals surface area contributed by atoms with E-state index in [-0.39, 0.29) is 11.6 Å². The fourth-order valence-electron chi connectivity index (χ4n) is 3.15. The van der Waals surface area contributed by atoms with Gasteiger partial charge in [0.05, 0.1) is 12.2 Å². The minimum atomic E-state index is -0.0699. The predicted octanol–water partition coefficient (Wildman–Crippen LogP) is 0.0791. The van der Waals surface area contributed by atoms with E-state index in [2.05, 4.69) is 22.4 Å². The Morgan fingerprint density at radius 1 is 1.22 bits per heavy atom. The molecule has 126 valence electrons. The van der Waals surface area contributed by atoms with Crippen molar-refractivity contribution in [1.29, 1.82) is 0 Å². The van der Waals surface area contributed by atoms with Gasteiger partial charge < -0.3 is 15.1 Å². The topological polar surface area (TPSA) is 70.5 Å². The number of aryl methyl sites for hydroxylation is 2. The van der Waals surface area contributed by atoms with Gasteiger partial charge in [0.2, 0.25) is 0 Å². The van der Waals surface area contributed by atoms with Crippen LogP contribution in [0.25, 0.3) is 0 Å². The molecule has 7 nitrogen and oxygen atoms in total. The van der Waals surface area contributed by atoms with Gasteiger partial charge in [0.1, 0.15) is 0 Å². The van der Waals surface area contributed by atoms with Crippen molar-refractivity contribution >= 4 is 6.03 Å². The lowest BCUT2D eigenvalue weighted by molar-refractivity contribution is 0.154. The van der Waals surface area contributed by atoms with E-state index < -0.39 is 0 Å². The largest absolute Gasteiger partial charge is 0.336 e. The fraction of sp³-hybridized carbons (Fsp3) is 0.688. The van der Waals surface area contributed by atoms with Crippen LogP contribution < -0.4 is 10.9 Å². The van der Waals surface area contributed by atoms with Gasteiger partial charge in [0.25, 0.3) is 5.56 Å². The van der Waals surface area contributed by atoms with E-state index in [9.17, 15) is 9.59 Å². The van der Waals surface area contributed by atoms with Crippen LogP contribution >= 0.6 is 0 Å². The molecule has 1 aromatic heterocycles. The first kappa shape index (κ1) is 16.0. The number of hydrogen-bond acceptors (Lipinski definition) is 4. The van der Waals surface area contributed by atoms with E-state index in [0.717, 1.165) is 63.1 Å². The summed E-state index contributed by atoms with van der Waals surface area (Å²) in [5.41, 5.74) is 2.07. The minimum Gasteiger partial charge on any atom is -0.336 e. The molecule has 1 saturated heterocycles. The Morgan fingerprint density at radius 2 is 1.96 bits per heavy atom. The smallest absolute Gasteiger partial charge is 0.317 e. The van der Waals surface area contributed by atoms with Gasteiger partial charge in [0.15, 0.2) is 0 Å². The lowest BCUT2D eigenvalue weighted by Crippen LogP contribution is -2.51. The first-order valence-electron chi connectivity index (χ1n) is 8.45. The molecule has 0 unspecified atom stereocenters. The van der Waals surface area contributed by atoms with Crippen molar-refractivity contribution < 1.29 is 4.79 Å². The number of urea groups is 1. The maximum Gasteiger partial charge on any atom is 0.317 e. The fourth-order valence-corrected chi connectivity index (χ4v) is 3.15. The molecule has 0 atom stereocenters. The SMILES string of the molecule is CN1CCN(C(=O)NCCn2nc3c(cc2=O)CCCC3)CC1. The zero-order chi connectivity index (χ0) is 16.2. The first-order chi connectivity index (χ1) is 11.1. The van der Waals surface area contributed by atoms with Crippen molar-refractivity contribution in [2.75, 3.05) is 39.8 Å². The molecule has 1 aliphatic carbocycles. The highest BCUT2D eigenvalue weighted by atomic mass is 16.2. The van der Waals surface area contributed by atoms with E-state index in [1.165, 1.54) is 4.68 Å². The predicted molar refractivity (Wildman–Crippen MR) is 87.6 cm³/mol. The van der Waals surface area contributed by atoms with Crippen LogP contribution in [0.3, 0.4) is 0 Å². The zero-order valence-electron chi connectivity index (χ0n) is 13.8. The van der Waals surface area contributed by atoms with Gasteiger partial charge in [0, 0.05) is 38.8 Å². The molecule has 3 rings (SSSR count). The van der Waals surface area contributed by atoms with Crippen molar-refractivity contribution in [2.24, 2.45) is 0 Å². The second-order valence-corrected chi connectivity index (χ2v) is 6.41. The second-order valence-electron chi connectivity index (χ2n) is 6.41. The Kier molecular flexibility index (Phi) is 4.95. The molecule has 0 radical (unpaired) electrons. The number of carbonyl (C=O) groups is 1. The van der Waals surface area contributed by atoms with Crippen molar-refractivity contribution in [3.05, 3.63) is 27.7 Å². The third-order valence-corrected chi connectivity index (χ3v) is 4.66. The number of carbonyl (C=O) groups excluding carboxylic acids is 1. The third kappa shape index (κ3) is 3.90. The normalized spacial score (nSPS) is 18.6. The maximum atomic E-state index is 12.1. The summed E-state index contributed by atoms with van der Waals surface area (Å²) in [6.45, 7) is 4.15. The lowest BCUT2D eigenvalue weighted by Gasteiger charge is -2.32. The third-order valence-electron chi connectivity index (χ3n) is 4.66. The highest BCUT2D eigenvalue weighted by molar-refractivity contribution is 5.74. The Bertz CT molecular complexity index is 619. The quantitative estimate of drug-likeness (QED) is 0.856. The van der Waals surface area contributed by atoms with Gasteiger partial charge in [-0.2, -0.15) is 5.10 Å². The van der Waals surface area contributed by atoms with Crippen molar-refractivity contribution in [3.63, 3.8) is 0 Å². The Morgan fingerprint density at radius 3 is 2.74 bits per heavy atom. The number of nitrogens with one attached hydrogen (secondary N) is 1. The number of rotatable bonds is 3. The van der Waals surface area contributed by atoms with E-state index in [4.69, 9.17) is 0 Å². The minimum absolute atomic E-state index is 0.0518. The van der Waals surface area contributed by atoms with Crippen molar-refractivity contribution in [3.8, 4) is 0 Å². The molecule has 2 heterocycles. The number of piperazine rings is 1. The van der Waals surface area contributed by atoms with E-state index >= 15 is 0 Å². The maximum absolute atomic E-state index is 12.1. The van der Waals surface area contributed by atoms with Gasteiger partial charge in [-0.1, -0.05) is 0 Å². The first-order valence-corrected chi connectivity index (χ1v) is 8.45. The van der Waals surface area contributed by atoms with Gasteiger partial charge in [-0.05, 0) is 38.3 Å². The van der Waals surface area contributed by atoms with Gasteiger partial charge >= 0.3 is 6.03 Å². The number of fused-ring (bicyclic) bond motifs is 1. The molecule has 1 aromatic rings. The van der Waals surface area contributed by atoms with Crippen LogP contribution in [-0.4, -0.2) is 65.4 Å². The number of aromatic nitrogens is 2. The zero-order valence-corrected chi connectivity index (χ0v) is 13.8. The summed E-state index contributed by atoms with van der Waals surface area (Å²) in [5, 5.41) is 7.36. The Labute approximate surface area is 136 Å². The van der Waals surface area contributed by atoms with E-state index in [0.29, 0.717) is 13.1 Å². The molecule has 0 saturated carbocycles. The van der Waals surface area contributed by atoms with Crippen LogP contribution in [-0.2, 0) is 19.4 Å². The summed E-state index contributed by atoms with van der Waals surface area (Å²) in [5.74, 6) is 0. The molecule has 1 aliphatic heterocycles. The van der Waals surface area contributed by atoms with Crippen molar-refractivity contribution in [1.82, 2.24) is 24.9 Å². The summed E-state index contributed by atoms with van der Waals surface area (Å²) in [6, 6.07) is 1.66. The van der Waals surface area contributed by atoms with Crippen LogP contribution in [0.15, 0.2) is 10.9 Å². The molecule has 0 spiro atoms. The highest BCUT2D eigenvalue weighted by Crippen LogP contribution is 2.16. The molecule has 0 bridgehead atoms. The molecule has 1 N–H and O–H groups in total. The second kappa shape index (κ2) is 7.12. The van der Waals surface area contributed by atoms with Gasteiger partial charge in [-0.3, -0.25) is 4.79 Å². The molecular formula is C16H25N5O2. The number of hydrogen-bond donors (Lipinski definition) is 1. The number of likely N-dealkylation sites (N-methyl/N-ethyl adjacent to an activating group) is 1. The average molecular weight is 319 g/mol. The molecule has 2 amide bonds. The highest BCUT2D eigenvalue weighted by Gasteiger charge is 2.18. The summed E-state index contributed by atoms with van der Waals surface area (Å²) < 4.78 is 1.48. The Hall–Kier alpha value is -1.89. The molecule has 1 fully saturated rings. The summed E-state index contributed by atoms with van der Waals surface area (Å²) >= 11 is 0. The summed E-state index contributed by atoms with van der Waals surface area (Å²) in [7, 11) is 2.06. The van der Waals surface area contributed by atoms with Crippen LogP contribution in [0.1, 0.15) is 24.1 Å². The Balaban J connectivity index is 1.52. The summed E-state index contributed by atoms with van der Waals surface area (Å²) in [6.07, 6.45) is 4.18. The van der Waals surface area contributed by atoms with Crippen LogP contribution in [0.5, 0.6) is 0 Å². The average Bonchev–Trinajstić information content (AvgIpc) is 2.56. The number of amides is 2. The molecule has 23 heavy (non-hydrogen) atoms. The van der Waals surface area contributed by atoms with Gasteiger partial charge in [-0.25, -0.2) is 9.48 Å². The van der Waals surface area contributed by atoms with Crippen molar-refractivity contribution in [2.45, 2.75) is 32.2 Å². The van der Waals surface area contributed by atoms with Crippen LogP contribution in [0.4, 0.5) is 4.79 Å². The van der Waals surface area contributed by atoms with Crippen LogP contribution in [0, 0.1) is 0 Å². The van der Waals surface area contributed by atoms with Gasteiger partial charge in [-0.15, -0.1) is 0 Å². The molecule has 2 aliphatic rings. The standard InChI is InChI=1S/C16H25N5O2/c1-19-8-10-20(11-9-19)16(23)17-6-7-21-15(22)12-13-4-2-3-5-14(13)18-21/h12H,2-11H2,1H3,(H,17,23). The summed E-state index contributed by atoms with van der Waals surface area (Å²) in [4.78, 5) is 28.2. The van der Waals surface area contributed by atoms with E-state index in [1.54, 1.807) is 6.07 Å². The van der Waals surface area contributed by atoms with Crippen LogP contribution in [0.2, 0.25) is 0 Å². The lowest BCUT2D eigenvalue weighted by atomic mass is 9.97. The molecule has 0 aromatic carbocycles. The molecule has 7 heteroatoms. The monoisotopic (exact) mass is 319 g/mol.